The van der Waals surface area contributed by atoms with Crippen molar-refractivity contribution >= 4 is 17.6 Å². The Balaban J connectivity index is 2.83. The van der Waals surface area contributed by atoms with Crippen LogP contribution in [0.5, 0.6) is 11.5 Å². The Kier molecular flexibility index (Phi) is 7.48. The number of halogens is 1. The number of carboxylic acid groups (broad SMARTS) is 1. The average molecular weight is 330 g/mol. The van der Waals surface area contributed by atoms with E-state index >= 15 is 0 Å². The molecule has 0 aromatic heterocycles. The number of methoxy groups -OCH3 is 1. The van der Waals surface area contributed by atoms with Crippen LogP contribution in [0, 0.1) is 5.92 Å². The molecule has 0 spiro atoms. The molecule has 1 aromatic rings. The van der Waals surface area contributed by atoms with Crippen molar-refractivity contribution in [3.63, 3.8) is 0 Å². The fraction of sp³-hybridized carbons (Fsp3) is 0.562. The summed E-state index contributed by atoms with van der Waals surface area (Å²) in [6.45, 7) is 5.33. The molecule has 22 heavy (non-hydrogen) atoms. The molecule has 0 fully saturated rings. The van der Waals surface area contributed by atoms with Crippen molar-refractivity contribution < 1.29 is 19.4 Å². The third kappa shape index (κ3) is 5.39. The summed E-state index contributed by atoms with van der Waals surface area (Å²) in [5.74, 6) is -0.0766. The minimum Gasteiger partial charge on any atom is -0.493 e. The summed E-state index contributed by atoms with van der Waals surface area (Å²) in [7, 11) is 3.45. The SMILES string of the molecule is CCCOc1c(Cl)cc(CN(C)CC(C)C(=O)O)cc1OC. The lowest BCUT2D eigenvalue weighted by molar-refractivity contribution is -0.141. The fourth-order valence-corrected chi connectivity index (χ4v) is 2.42. The van der Waals surface area contributed by atoms with Gasteiger partial charge in [0.05, 0.1) is 24.7 Å². The lowest BCUT2D eigenvalue weighted by atomic mass is 10.1. The number of hydrogen-bond donors (Lipinski definition) is 1. The summed E-state index contributed by atoms with van der Waals surface area (Å²) in [6, 6.07) is 3.70. The molecule has 6 heteroatoms. The van der Waals surface area contributed by atoms with Crippen LogP contribution in [0.15, 0.2) is 12.1 Å². The van der Waals surface area contributed by atoms with Gasteiger partial charge in [0.2, 0.25) is 0 Å². The molecule has 1 aromatic carbocycles. The highest BCUT2D eigenvalue weighted by molar-refractivity contribution is 6.32. The third-order valence-corrected chi connectivity index (χ3v) is 3.48. The van der Waals surface area contributed by atoms with Crippen LogP contribution in [0.1, 0.15) is 25.8 Å². The Morgan fingerprint density at radius 2 is 2.14 bits per heavy atom. The minimum absolute atomic E-state index is 0.422. The second kappa shape index (κ2) is 8.86. The first-order chi connectivity index (χ1) is 10.4. The van der Waals surface area contributed by atoms with Crippen LogP contribution in [0.25, 0.3) is 0 Å². The molecule has 0 saturated heterocycles. The maximum absolute atomic E-state index is 10.9. The van der Waals surface area contributed by atoms with Gasteiger partial charge in [-0.3, -0.25) is 4.79 Å². The number of hydrogen-bond acceptors (Lipinski definition) is 4. The van der Waals surface area contributed by atoms with Gasteiger partial charge in [-0.1, -0.05) is 25.4 Å². The summed E-state index contributed by atoms with van der Waals surface area (Å²) in [4.78, 5) is 12.8. The Morgan fingerprint density at radius 1 is 1.45 bits per heavy atom. The molecule has 124 valence electrons. The lowest BCUT2D eigenvalue weighted by Crippen LogP contribution is -2.28. The quantitative estimate of drug-likeness (QED) is 0.753. The number of rotatable bonds is 9. The third-order valence-electron chi connectivity index (χ3n) is 3.20. The summed E-state index contributed by atoms with van der Waals surface area (Å²) < 4.78 is 11.0. The van der Waals surface area contributed by atoms with Gasteiger partial charge in [0, 0.05) is 13.1 Å². The summed E-state index contributed by atoms with van der Waals surface area (Å²) in [6.07, 6.45) is 0.886. The van der Waals surface area contributed by atoms with E-state index in [1.807, 2.05) is 31.0 Å². The van der Waals surface area contributed by atoms with E-state index in [-0.39, 0.29) is 0 Å². The zero-order chi connectivity index (χ0) is 16.7. The predicted molar refractivity (Wildman–Crippen MR) is 86.9 cm³/mol. The maximum Gasteiger partial charge on any atom is 0.307 e. The van der Waals surface area contributed by atoms with Crippen molar-refractivity contribution in [3.8, 4) is 11.5 Å². The zero-order valence-corrected chi connectivity index (χ0v) is 14.3. The van der Waals surface area contributed by atoms with E-state index in [4.69, 9.17) is 26.2 Å². The monoisotopic (exact) mass is 329 g/mol. The van der Waals surface area contributed by atoms with E-state index in [0.717, 1.165) is 12.0 Å². The molecule has 0 saturated carbocycles. The first kappa shape index (κ1) is 18.6. The van der Waals surface area contributed by atoms with Gasteiger partial charge >= 0.3 is 5.97 Å². The van der Waals surface area contributed by atoms with Crippen molar-refractivity contribution in [2.75, 3.05) is 27.3 Å². The van der Waals surface area contributed by atoms with Crippen LogP contribution in [0.2, 0.25) is 5.02 Å². The number of ether oxygens (including phenoxy) is 2. The number of nitrogens with zero attached hydrogens (tertiary/aromatic N) is 1. The number of carboxylic acids is 1. The number of carbonyl (C=O) groups is 1. The summed E-state index contributed by atoms with van der Waals surface area (Å²) in [5.41, 5.74) is 0.950. The van der Waals surface area contributed by atoms with Gasteiger partial charge < -0.3 is 19.5 Å². The molecule has 5 nitrogen and oxygen atoms in total. The normalized spacial score (nSPS) is 12.3. The Hall–Kier alpha value is -1.46. The highest BCUT2D eigenvalue weighted by Gasteiger charge is 2.16. The summed E-state index contributed by atoms with van der Waals surface area (Å²) >= 11 is 6.27. The van der Waals surface area contributed by atoms with Crippen LogP contribution < -0.4 is 9.47 Å². The Bertz CT molecular complexity index is 507. The van der Waals surface area contributed by atoms with Gasteiger partial charge in [-0.15, -0.1) is 0 Å². The van der Waals surface area contributed by atoms with Gasteiger partial charge in [-0.2, -0.15) is 0 Å². The molecule has 0 aliphatic rings. The van der Waals surface area contributed by atoms with Crippen LogP contribution in [-0.2, 0) is 11.3 Å². The van der Waals surface area contributed by atoms with Gasteiger partial charge in [0.1, 0.15) is 0 Å². The van der Waals surface area contributed by atoms with Crippen molar-refractivity contribution in [3.05, 3.63) is 22.7 Å². The molecule has 1 unspecified atom stereocenters. The minimum atomic E-state index is -0.800. The van der Waals surface area contributed by atoms with Crippen LogP contribution in [0.3, 0.4) is 0 Å². The molecule has 1 rings (SSSR count). The van der Waals surface area contributed by atoms with Crippen molar-refractivity contribution in [1.29, 1.82) is 0 Å². The van der Waals surface area contributed by atoms with E-state index in [1.54, 1.807) is 14.0 Å². The second-order valence-electron chi connectivity index (χ2n) is 5.39. The molecule has 0 amide bonds. The van der Waals surface area contributed by atoms with Crippen LogP contribution in [0.4, 0.5) is 0 Å². The lowest BCUT2D eigenvalue weighted by Gasteiger charge is -2.20. The fourth-order valence-electron chi connectivity index (χ4n) is 2.13. The highest BCUT2D eigenvalue weighted by atomic mass is 35.5. The van der Waals surface area contributed by atoms with E-state index in [2.05, 4.69) is 0 Å². The van der Waals surface area contributed by atoms with E-state index in [1.165, 1.54) is 0 Å². The standard InChI is InChI=1S/C16H24ClNO4/c1-5-6-22-15-13(17)7-12(8-14(15)21-4)10-18(3)9-11(2)16(19)20/h7-8,11H,5-6,9-10H2,1-4H3,(H,19,20). The largest absolute Gasteiger partial charge is 0.493 e. The first-order valence-corrected chi connectivity index (χ1v) is 7.67. The number of benzene rings is 1. The molecular formula is C16H24ClNO4. The molecule has 0 bridgehead atoms. The van der Waals surface area contributed by atoms with Gasteiger partial charge in [0.25, 0.3) is 0 Å². The van der Waals surface area contributed by atoms with E-state index in [9.17, 15) is 4.79 Å². The van der Waals surface area contributed by atoms with E-state index < -0.39 is 11.9 Å². The first-order valence-electron chi connectivity index (χ1n) is 7.29. The Labute approximate surface area is 136 Å². The highest BCUT2D eigenvalue weighted by Crippen LogP contribution is 2.36. The second-order valence-corrected chi connectivity index (χ2v) is 5.80. The molecule has 0 radical (unpaired) electrons. The van der Waals surface area contributed by atoms with Crippen LogP contribution >= 0.6 is 11.6 Å². The van der Waals surface area contributed by atoms with E-state index in [0.29, 0.717) is 36.2 Å². The van der Waals surface area contributed by atoms with Gasteiger partial charge in [-0.25, -0.2) is 0 Å². The zero-order valence-electron chi connectivity index (χ0n) is 13.6. The molecule has 0 heterocycles. The van der Waals surface area contributed by atoms with Crippen LogP contribution in [-0.4, -0.2) is 43.3 Å². The maximum atomic E-state index is 10.9. The predicted octanol–water partition coefficient (Wildman–Crippen LogP) is 3.29. The smallest absolute Gasteiger partial charge is 0.307 e. The van der Waals surface area contributed by atoms with Crippen molar-refractivity contribution in [1.82, 2.24) is 4.90 Å². The molecule has 0 aliphatic carbocycles. The number of aliphatic carboxylic acids is 1. The topological polar surface area (TPSA) is 59.0 Å². The molecule has 1 N–H and O–H groups in total. The summed E-state index contributed by atoms with van der Waals surface area (Å²) in [5, 5.41) is 9.46. The average Bonchev–Trinajstić information content (AvgIpc) is 2.45. The Morgan fingerprint density at radius 3 is 2.68 bits per heavy atom. The van der Waals surface area contributed by atoms with Crippen molar-refractivity contribution in [2.24, 2.45) is 5.92 Å². The molecule has 1 atom stereocenters. The molecular weight excluding hydrogens is 306 g/mol. The molecule has 0 aliphatic heterocycles. The van der Waals surface area contributed by atoms with Crippen molar-refractivity contribution in [2.45, 2.75) is 26.8 Å². The van der Waals surface area contributed by atoms with Gasteiger partial charge in [0.15, 0.2) is 11.5 Å². The van der Waals surface area contributed by atoms with Gasteiger partial charge in [-0.05, 0) is 31.2 Å².